The quantitative estimate of drug-likeness (QED) is 0.638. The Kier molecular flexibility index (Phi) is 4.01. The smallest absolute Gasteiger partial charge is 0.0372 e. The second-order valence-electron chi connectivity index (χ2n) is 3.16. The summed E-state index contributed by atoms with van der Waals surface area (Å²) in [5.41, 5.74) is 1.21. The maximum atomic E-state index is 4.30. The van der Waals surface area contributed by atoms with Gasteiger partial charge in [0.25, 0.3) is 0 Å². The van der Waals surface area contributed by atoms with E-state index in [2.05, 4.69) is 23.3 Å². The highest BCUT2D eigenvalue weighted by atomic mass is 14.9. The van der Waals surface area contributed by atoms with Crippen molar-refractivity contribution in [3.63, 3.8) is 0 Å². The predicted octanol–water partition coefficient (Wildman–Crippen LogP) is 2.12. The largest absolute Gasteiger partial charge is 0.314 e. The van der Waals surface area contributed by atoms with Crippen molar-refractivity contribution < 1.29 is 0 Å². The summed E-state index contributed by atoms with van der Waals surface area (Å²) in [4.78, 5) is 4.30. The average Bonchev–Trinajstić information content (AvgIpc) is 2.56. The number of hydrogen-bond donors (Lipinski definition) is 1. The van der Waals surface area contributed by atoms with E-state index in [1.54, 1.807) is 0 Å². The first-order valence-corrected chi connectivity index (χ1v) is 4.74. The highest BCUT2D eigenvalue weighted by Gasteiger charge is 2.14. The van der Waals surface area contributed by atoms with Crippen LogP contribution in [0.25, 0.3) is 0 Å². The molecule has 1 heterocycles. The van der Waals surface area contributed by atoms with Gasteiger partial charge in [0.1, 0.15) is 0 Å². The average molecular weight is 166 g/mol. The number of rotatable bonds is 3. The minimum absolute atomic E-state index is 0.667. The first-order chi connectivity index (χ1) is 5.86. The lowest BCUT2D eigenvalue weighted by Crippen LogP contribution is -2.21. The molecule has 0 aromatic rings. The van der Waals surface area contributed by atoms with Crippen LogP contribution in [0.4, 0.5) is 0 Å². The number of nitrogens with zero attached hydrogens (tertiary/aromatic N) is 1. The molecule has 0 aromatic carbocycles. The number of hydrogen-bond acceptors (Lipinski definition) is 2. The zero-order chi connectivity index (χ0) is 8.81. The molecule has 0 saturated carbocycles. The van der Waals surface area contributed by atoms with Crippen molar-refractivity contribution >= 4 is 6.21 Å². The van der Waals surface area contributed by atoms with Crippen LogP contribution in [0.3, 0.4) is 0 Å². The van der Waals surface area contributed by atoms with Gasteiger partial charge in [0.2, 0.25) is 0 Å². The number of allylic oxidation sites excluding steroid dienone is 1. The Hall–Kier alpha value is -0.630. The van der Waals surface area contributed by atoms with Crippen molar-refractivity contribution in [2.75, 3.05) is 6.54 Å². The minimum Gasteiger partial charge on any atom is -0.314 e. The molecule has 12 heavy (non-hydrogen) atoms. The van der Waals surface area contributed by atoms with Crippen molar-refractivity contribution in [1.82, 2.24) is 5.32 Å². The SMILES string of the molecule is CC=N/C(=C\C)CC1CCCN1. The molecule has 0 spiro atoms. The van der Waals surface area contributed by atoms with E-state index in [4.69, 9.17) is 0 Å². The van der Waals surface area contributed by atoms with E-state index in [9.17, 15) is 0 Å². The van der Waals surface area contributed by atoms with Gasteiger partial charge in [-0.05, 0) is 33.2 Å². The van der Waals surface area contributed by atoms with E-state index in [1.807, 2.05) is 13.1 Å². The van der Waals surface area contributed by atoms with Crippen molar-refractivity contribution in [3.05, 3.63) is 11.8 Å². The Morgan fingerprint density at radius 1 is 1.58 bits per heavy atom. The molecule has 0 aliphatic carbocycles. The standard InChI is InChI=1S/C10H18N2/c1-3-9(11-4-2)8-10-6-5-7-12-10/h3-4,10,12H,5-8H2,1-2H3/b9-3-,11-4?. The van der Waals surface area contributed by atoms with Gasteiger partial charge in [-0.3, -0.25) is 4.99 Å². The highest BCUT2D eigenvalue weighted by Crippen LogP contribution is 2.14. The molecular formula is C10H18N2. The maximum Gasteiger partial charge on any atom is 0.0372 e. The van der Waals surface area contributed by atoms with Gasteiger partial charge in [-0.25, -0.2) is 0 Å². The third kappa shape index (κ3) is 2.78. The van der Waals surface area contributed by atoms with Gasteiger partial charge in [0.15, 0.2) is 0 Å². The van der Waals surface area contributed by atoms with Crippen molar-refractivity contribution in [2.45, 2.75) is 39.2 Å². The fourth-order valence-electron chi connectivity index (χ4n) is 1.59. The first-order valence-electron chi connectivity index (χ1n) is 4.74. The molecule has 2 heteroatoms. The highest BCUT2D eigenvalue weighted by molar-refractivity contribution is 5.55. The summed E-state index contributed by atoms with van der Waals surface area (Å²) in [5, 5.41) is 3.47. The van der Waals surface area contributed by atoms with E-state index < -0.39 is 0 Å². The zero-order valence-corrected chi connectivity index (χ0v) is 8.01. The van der Waals surface area contributed by atoms with Gasteiger partial charge in [0.05, 0.1) is 0 Å². The molecular weight excluding hydrogens is 148 g/mol. The van der Waals surface area contributed by atoms with Gasteiger partial charge >= 0.3 is 0 Å². The normalized spacial score (nSPS) is 25.5. The molecule has 1 N–H and O–H groups in total. The molecule has 0 amide bonds. The van der Waals surface area contributed by atoms with Crippen molar-refractivity contribution in [1.29, 1.82) is 0 Å². The Bertz CT molecular complexity index is 176. The van der Waals surface area contributed by atoms with E-state index >= 15 is 0 Å². The van der Waals surface area contributed by atoms with Gasteiger partial charge in [-0.15, -0.1) is 0 Å². The fourth-order valence-corrected chi connectivity index (χ4v) is 1.59. The Morgan fingerprint density at radius 3 is 2.92 bits per heavy atom. The molecule has 1 atom stereocenters. The lowest BCUT2D eigenvalue weighted by Gasteiger charge is -2.09. The lowest BCUT2D eigenvalue weighted by atomic mass is 10.1. The van der Waals surface area contributed by atoms with Crippen LogP contribution in [-0.2, 0) is 0 Å². The summed E-state index contributed by atoms with van der Waals surface area (Å²) in [6.45, 7) is 5.19. The van der Waals surface area contributed by atoms with E-state index in [0.717, 1.165) is 6.42 Å². The second-order valence-corrected chi connectivity index (χ2v) is 3.16. The molecule has 1 fully saturated rings. The molecule has 68 valence electrons. The Morgan fingerprint density at radius 2 is 2.42 bits per heavy atom. The zero-order valence-electron chi connectivity index (χ0n) is 8.01. The summed E-state index contributed by atoms with van der Waals surface area (Å²) in [6, 6.07) is 0.667. The number of nitrogens with one attached hydrogen (secondary N) is 1. The molecule has 1 saturated heterocycles. The van der Waals surface area contributed by atoms with Crippen LogP contribution in [0.2, 0.25) is 0 Å². The van der Waals surface area contributed by atoms with Crippen LogP contribution in [0.5, 0.6) is 0 Å². The van der Waals surface area contributed by atoms with Gasteiger partial charge < -0.3 is 5.32 Å². The minimum atomic E-state index is 0.667. The fraction of sp³-hybridized carbons (Fsp3) is 0.700. The summed E-state index contributed by atoms with van der Waals surface area (Å²) >= 11 is 0. The van der Waals surface area contributed by atoms with E-state index in [-0.39, 0.29) is 0 Å². The first kappa shape index (κ1) is 9.46. The molecule has 0 bridgehead atoms. The maximum absolute atomic E-state index is 4.30. The summed E-state index contributed by atoms with van der Waals surface area (Å²) in [5.74, 6) is 0. The predicted molar refractivity (Wildman–Crippen MR) is 53.6 cm³/mol. The van der Waals surface area contributed by atoms with Crippen LogP contribution >= 0.6 is 0 Å². The molecule has 1 aliphatic heterocycles. The Balaban J connectivity index is 2.36. The van der Waals surface area contributed by atoms with Crippen LogP contribution in [-0.4, -0.2) is 18.8 Å². The summed E-state index contributed by atoms with van der Waals surface area (Å²) in [7, 11) is 0. The van der Waals surface area contributed by atoms with Gasteiger partial charge in [-0.2, -0.15) is 0 Å². The van der Waals surface area contributed by atoms with E-state index in [1.165, 1.54) is 25.1 Å². The molecule has 0 aromatic heterocycles. The molecule has 0 radical (unpaired) electrons. The van der Waals surface area contributed by atoms with Gasteiger partial charge in [-0.1, -0.05) is 6.08 Å². The Labute approximate surface area is 74.8 Å². The van der Waals surface area contributed by atoms with Gasteiger partial charge in [0, 0.05) is 24.4 Å². The van der Waals surface area contributed by atoms with Crippen LogP contribution in [0.15, 0.2) is 16.8 Å². The van der Waals surface area contributed by atoms with E-state index in [0.29, 0.717) is 6.04 Å². The molecule has 1 rings (SSSR count). The van der Waals surface area contributed by atoms with Crippen LogP contribution in [0, 0.1) is 0 Å². The molecule has 2 nitrogen and oxygen atoms in total. The third-order valence-electron chi connectivity index (χ3n) is 2.25. The van der Waals surface area contributed by atoms with Crippen LogP contribution < -0.4 is 5.32 Å². The summed E-state index contributed by atoms with van der Waals surface area (Å²) in [6.07, 6.45) is 7.67. The molecule has 1 unspecified atom stereocenters. The van der Waals surface area contributed by atoms with Crippen molar-refractivity contribution in [2.24, 2.45) is 4.99 Å². The molecule has 1 aliphatic rings. The van der Waals surface area contributed by atoms with Crippen LogP contribution in [0.1, 0.15) is 33.1 Å². The second kappa shape index (κ2) is 5.09. The summed E-state index contributed by atoms with van der Waals surface area (Å²) < 4.78 is 0. The third-order valence-corrected chi connectivity index (χ3v) is 2.25. The van der Waals surface area contributed by atoms with Crippen molar-refractivity contribution in [3.8, 4) is 0 Å². The topological polar surface area (TPSA) is 24.4 Å². The number of aliphatic imine (C=N–C) groups is 1. The monoisotopic (exact) mass is 166 g/mol. The lowest BCUT2D eigenvalue weighted by molar-refractivity contribution is 0.597.